The van der Waals surface area contributed by atoms with Crippen LogP contribution >= 0.6 is 0 Å². The third kappa shape index (κ3) is 6.21. The Hall–Kier alpha value is -3.11. The van der Waals surface area contributed by atoms with Gasteiger partial charge in [0.1, 0.15) is 0 Å². The van der Waals surface area contributed by atoms with Gasteiger partial charge in [-0.2, -0.15) is 0 Å². The van der Waals surface area contributed by atoms with Gasteiger partial charge in [0.2, 0.25) is 15.9 Å². The first-order valence-corrected chi connectivity index (χ1v) is 11.9. The largest absolute Gasteiger partial charge is 0.478 e. The van der Waals surface area contributed by atoms with Crippen molar-refractivity contribution in [2.24, 2.45) is 0 Å². The first-order chi connectivity index (χ1) is 15.1. The summed E-state index contributed by atoms with van der Waals surface area (Å²) in [5.41, 5.74) is 1.24. The van der Waals surface area contributed by atoms with E-state index in [1.807, 2.05) is 4.90 Å². The fraction of sp³-hybridized carbons (Fsp3) is 0.364. The Labute approximate surface area is 188 Å². The second-order valence-electron chi connectivity index (χ2n) is 7.93. The predicted molar refractivity (Wildman–Crippen MR) is 123 cm³/mol. The van der Waals surface area contributed by atoms with E-state index in [9.17, 15) is 23.1 Å². The SMILES string of the molecule is CN(C)C(=O)CN1CCN(c2ccc(NS(=O)(=O)Cc3ccccc3)c(C(=O)O)c2)CC1. The zero-order valence-corrected chi connectivity index (χ0v) is 19.0. The molecule has 32 heavy (non-hydrogen) atoms. The summed E-state index contributed by atoms with van der Waals surface area (Å²) in [5, 5.41) is 9.66. The molecule has 10 heteroatoms. The van der Waals surface area contributed by atoms with Crippen LogP contribution in [0.1, 0.15) is 15.9 Å². The average Bonchev–Trinajstić information content (AvgIpc) is 2.74. The van der Waals surface area contributed by atoms with Crippen LogP contribution in [0.5, 0.6) is 0 Å². The smallest absolute Gasteiger partial charge is 0.337 e. The molecule has 1 heterocycles. The molecule has 1 saturated heterocycles. The molecule has 0 bridgehead atoms. The van der Waals surface area contributed by atoms with E-state index in [1.165, 1.54) is 12.1 Å². The second-order valence-corrected chi connectivity index (χ2v) is 9.66. The van der Waals surface area contributed by atoms with Gasteiger partial charge in [0, 0.05) is 46.0 Å². The summed E-state index contributed by atoms with van der Waals surface area (Å²) in [6.45, 7) is 2.97. The van der Waals surface area contributed by atoms with Gasteiger partial charge in [0.25, 0.3) is 0 Å². The number of carbonyl (C=O) groups is 2. The number of hydrogen-bond donors (Lipinski definition) is 2. The van der Waals surface area contributed by atoms with Crippen LogP contribution < -0.4 is 9.62 Å². The van der Waals surface area contributed by atoms with E-state index in [0.29, 0.717) is 44.0 Å². The number of carboxylic acids is 1. The van der Waals surface area contributed by atoms with E-state index in [4.69, 9.17) is 0 Å². The molecular formula is C22H28N4O5S. The fourth-order valence-electron chi connectivity index (χ4n) is 3.49. The number of aromatic carboxylic acids is 1. The molecule has 0 saturated carbocycles. The Morgan fingerprint density at radius 1 is 1.03 bits per heavy atom. The molecule has 2 aromatic rings. The maximum absolute atomic E-state index is 12.6. The lowest BCUT2D eigenvalue weighted by Crippen LogP contribution is -2.49. The van der Waals surface area contributed by atoms with Gasteiger partial charge in [0.05, 0.1) is 23.5 Å². The standard InChI is InChI=1S/C22H28N4O5S/c1-24(2)21(27)15-25-10-12-26(13-11-25)18-8-9-20(19(14-18)22(28)29)23-32(30,31)16-17-6-4-3-5-7-17/h3-9,14,23H,10-13,15-16H2,1-2H3,(H,28,29). The van der Waals surface area contributed by atoms with E-state index >= 15 is 0 Å². The van der Waals surface area contributed by atoms with Crippen molar-refractivity contribution >= 4 is 33.3 Å². The van der Waals surface area contributed by atoms with Gasteiger partial charge in [0.15, 0.2) is 0 Å². The lowest BCUT2D eigenvalue weighted by atomic mass is 10.1. The molecule has 0 atom stereocenters. The monoisotopic (exact) mass is 460 g/mol. The summed E-state index contributed by atoms with van der Waals surface area (Å²) in [6, 6.07) is 13.4. The van der Waals surface area contributed by atoms with E-state index in [-0.39, 0.29) is 22.9 Å². The number of anilines is 2. The highest BCUT2D eigenvalue weighted by Gasteiger charge is 2.22. The van der Waals surface area contributed by atoms with Crippen LogP contribution in [0.2, 0.25) is 0 Å². The van der Waals surface area contributed by atoms with Crippen LogP contribution in [0, 0.1) is 0 Å². The Morgan fingerprint density at radius 3 is 2.28 bits per heavy atom. The van der Waals surface area contributed by atoms with Crippen molar-refractivity contribution < 1.29 is 23.1 Å². The van der Waals surface area contributed by atoms with E-state index in [1.54, 1.807) is 55.4 Å². The number of carboxylic acid groups (broad SMARTS) is 1. The first-order valence-electron chi connectivity index (χ1n) is 10.2. The summed E-state index contributed by atoms with van der Waals surface area (Å²) in [7, 11) is -0.329. The number of hydrogen-bond acceptors (Lipinski definition) is 6. The normalized spacial score (nSPS) is 14.8. The Morgan fingerprint density at radius 2 is 1.69 bits per heavy atom. The third-order valence-corrected chi connectivity index (χ3v) is 6.54. The summed E-state index contributed by atoms with van der Waals surface area (Å²) in [5.74, 6) is -1.42. The molecule has 2 N–H and O–H groups in total. The third-order valence-electron chi connectivity index (χ3n) is 5.29. The molecule has 3 rings (SSSR count). The summed E-state index contributed by atoms with van der Waals surface area (Å²) in [4.78, 5) is 29.4. The molecule has 0 unspecified atom stereocenters. The lowest BCUT2D eigenvalue weighted by molar-refractivity contribution is -0.129. The maximum atomic E-state index is 12.6. The van der Waals surface area contributed by atoms with Crippen LogP contribution in [0.15, 0.2) is 48.5 Å². The molecule has 0 radical (unpaired) electrons. The lowest BCUT2D eigenvalue weighted by Gasteiger charge is -2.36. The first kappa shape index (κ1) is 23.6. The van der Waals surface area contributed by atoms with Crippen LogP contribution in [-0.4, -0.2) is 82.0 Å². The van der Waals surface area contributed by atoms with Crippen LogP contribution in [0.4, 0.5) is 11.4 Å². The Bertz CT molecular complexity index is 1060. The van der Waals surface area contributed by atoms with Crippen LogP contribution in [0.3, 0.4) is 0 Å². The number of piperazine rings is 1. The van der Waals surface area contributed by atoms with Crippen molar-refractivity contribution in [1.82, 2.24) is 9.80 Å². The molecule has 1 amide bonds. The molecule has 0 spiro atoms. The molecule has 1 aliphatic rings. The zero-order chi connectivity index (χ0) is 23.3. The molecule has 0 aromatic heterocycles. The number of benzene rings is 2. The van der Waals surface area contributed by atoms with Gasteiger partial charge >= 0.3 is 5.97 Å². The Balaban J connectivity index is 1.70. The highest BCUT2D eigenvalue weighted by atomic mass is 32.2. The summed E-state index contributed by atoms with van der Waals surface area (Å²) < 4.78 is 27.5. The van der Waals surface area contributed by atoms with Gasteiger partial charge in [-0.3, -0.25) is 14.4 Å². The quantitative estimate of drug-likeness (QED) is 0.615. The molecular weight excluding hydrogens is 432 g/mol. The molecule has 0 aliphatic carbocycles. The highest BCUT2D eigenvalue weighted by Crippen LogP contribution is 2.26. The molecule has 9 nitrogen and oxygen atoms in total. The van der Waals surface area contributed by atoms with E-state index in [2.05, 4.69) is 9.62 Å². The predicted octanol–water partition coefficient (Wildman–Crippen LogP) is 1.54. The van der Waals surface area contributed by atoms with Crippen molar-refractivity contribution in [2.45, 2.75) is 5.75 Å². The second kappa shape index (κ2) is 10.0. The van der Waals surface area contributed by atoms with Crippen molar-refractivity contribution in [3.05, 3.63) is 59.7 Å². The zero-order valence-electron chi connectivity index (χ0n) is 18.2. The Kier molecular flexibility index (Phi) is 7.37. The number of likely N-dealkylation sites (N-methyl/N-ethyl adjacent to an activating group) is 1. The number of rotatable bonds is 8. The van der Waals surface area contributed by atoms with Crippen LogP contribution in [-0.2, 0) is 20.6 Å². The number of nitrogens with zero attached hydrogens (tertiary/aromatic N) is 3. The van der Waals surface area contributed by atoms with Gasteiger partial charge in [-0.25, -0.2) is 13.2 Å². The maximum Gasteiger partial charge on any atom is 0.337 e. The molecule has 2 aromatic carbocycles. The fourth-order valence-corrected chi connectivity index (χ4v) is 4.71. The van der Waals surface area contributed by atoms with Crippen molar-refractivity contribution in [1.29, 1.82) is 0 Å². The summed E-state index contributed by atoms with van der Waals surface area (Å²) in [6.07, 6.45) is 0. The minimum Gasteiger partial charge on any atom is -0.478 e. The van der Waals surface area contributed by atoms with Crippen molar-refractivity contribution in [3.8, 4) is 0 Å². The topological polar surface area (TPSA) is 110 Å². The van der Waals surface area contributed by atoms with Crippen LogP contribution in [0.25, 0.3) is 0 Å². The van der Waals surface area contributed by atoms with Crippen molar-refractivity contribution in [2.75, 3.05) is 56.4 Å². The molecule has 1 fully saturated rings. The van der Waals surface area contributed by atoms with Gasteiger partial charge in [-0.05, 0) is 23.8 Å². The number of sulfonamides is 1. The highest BCUT2D eigenvalue weighted by molar-refractivity contribution is 7.91. The number of amides is 1. The van der Waals surface area contributed by atoms with E-state index < -0.39 is 16.0 Å². The van der Waals surface area contributed by atoms with Gasteiger partial charge < -0.3 is 14.9 Å². The van der Waals surface area contributed by atoms with E-state index in [0.717, 1.165) is 0 Å². The van der Waals surface area contributed by atoms with Gasteiger partial charge in [-0.15, -0.1) is 0 Å². The molecule has 1 aliphatic heterocycles. The minimum atomic E-state index is -3.78. The number of nitrogens with one attached hydrogen (secondary N) is 1. The minimum absolute atomic E-state index is 0.0346. The van der Waals surface area contributed by atoms with Crippen molar-refractivity contribution in [3.63, 3.8) is 0 Å². The van der Waals surface area contributed by atoms with Gasteiger partial charge in [-0.1, -0.05) is 30.3 Å². The average molecular weight is 461 g/mol. The summed E-state index contributed by atoms with van der Waals surface area (Å²) >= 11 is 0. The number of carbonyl (C=O) groups excluding carboxylic acids is 1. The molecule has 172 valence electrons.